The molecule has 6 nitrogen and oxygen atoms in total. The number of hydrazine groups is 1. The van der Waals surface area contributed by atoms with Gasteiger partial charge in [0.25, 0.3) is 0 Å². The van der Waals surface area contributed by atoms with Gasteiger partial charge >= 0.3 is 12.6 Å². The lowest BCUT2D eigenvalue weighted by molar-refractivity contribution is -0.128. The lowest BCUT2D eigenvalue weighted by atomic mass is 10.2. The first kappa shape index (κ1) is 14.1. The van der Waals surface area contributed by atoms with E-state index in [1.54, 1.807) is 0 Å². The van der Waals surface area contributed by atoms with Crippen LogP contribution in [0.3, 0.4) is 0 Å². The van der Waals surface area contributed by atoms with Gasteiger partial charge in [-0.05, 0) is 12.0 Å². The highest BCUT2D eigenvalue weighted by Gasteiger charge is 2.13. The Labute approximate surface area is 105 Å². The Hall–Kier alpha value is -1.92. The summed E-state index contributed by atoms with van der Waals surface area (Å²) in [6.45, 7) is 2.65. The fraction of sp³-hybridized carbons (Fsp3) is 0.333. The molecule has 1 rings (SSSR count). The molecule has 0 aliphatic rings. The van der Waals surface area contributed by atoms with Crippen LogP contribution in [0.25, 0.3) is 0 Å². The SMILES string of the molecule is CCCN(NOCc1ccccc1)C(=O)OC=O. The average molecular weight is 252 g/mol. The largest absolute Gasteiger partial charge is 0.433 e. The molecule has 98 valence electrons. The minimum atomic E-state index is -0.792. The van der Waals surface area contributed by atoms with Gasteiger partial charge in [0.15, 0.2) is 0 Å². The molecular formula is C12H16N2O4. The number of nitrogens with zero attached hydrogens (tertiary/aromatic N) is 1. The summed E-state index contributed by atoms with van der Waals surface area (Å²) in [7, 11) is 0. The maximum Gasteiger partial charge on any atom is 0.433 e. The Balaban J connectivity index is 2.37. The Bertz CT molecular complexity index is 370. The van der Waals surface area contributed by atoms with Crippen LogP contribution in [0, 0.1) is 0 Å². The molecule has 0 saturated carbocycles. The molecule has 0 atom stereocenters. The van der Waals surface area contributed by atoms with Crippen molar-refractivity contribution < 1.29 is 19.2 Å². The standard InChI is InChI=1S/C12H16N2O4/c1-2-8-14(12(16)17-10-15)13-18-9-11-6-4-3-5-7-11/h3-7,10,13H,2,8-9H2,1H3. The maximum absolute atomic E-state index is 11.3. The van der Waals surface area contributed by atoms with Crippen LogP contribution in [0.1, 0.15) is 18.9 Å². The average Bonchev–Trinajstić information content (AvgIpc) is 2.39. The van der Waals surface area contributed by atoms with Crippen LogP contribution in [0.15, 0.2) is 30.3 Å². The molecular weight excluding hydrogens is 236 g/mol. The van der Waals surface area contributed by atoms with E-state index in [0.717, 1.165) is 10.6 Å². The summed E-state index contributed by atoms with van der Waals surface area (Å²) < 4.78 is 4.22. The molecule has 1 aromatic rings. The van der Waals surface area contributed by atoms with Gasteiger partial charge in [0.1, 0.15) is 0 Å². The highest BCUT2D eigenvalue weighted by molar-refractivity contribution is 5.74. The zero-order valence-electron chi connectivity index (χ0n) is 10.2. The number of amides is 1. The van der Waals surface area contributed by atoms with E-state index >= 15 is 0 Å². The predicted molar refractivity (Wildman–Crippen MR) is 63.9 cm³/mol. The third-order valence-corrected chi connectivity index (χ3v) is 2.07. The van der Waals surface area contributed by atoms with Crippen molar-refractivity contribution in [2.75, 3.05) is 6.54 Å². The van der Waals surface area contributed by atoms with Crippen molar-refractivity contribution in [3.8, 4) is 0 Å². The van der Waals surface area contributed by atoms with Crippen LogP contribution < -0.4 is 5.59 Å². The molecule has 0 bridgehead atoms. The summed E-state index contributed by atoms with van der Waals surface area (Å²) in [5, 5.41) is 1.09. The molecule has 0 saturated heterocycles. The molecule has 1 aromatic carbocycles. The molecule has 0 aliphatic heterocycles. The molecule has 18 heavy (non-hydrogen) atoms. The van der Waals surface area contributed by atoms with Crippen LogP contribution in [0.4, 0.5) is 4.79 Å². The number of carbonyl (C=O) groups is 2. The van der Waals surface area contributed by atoms with Crippen molar-refractivity contribution in [1.29, 1.82) is 0 Å². The number of benzene rings is 1. The molecule has 0 aromatic heterocycles. The van der Waals surface area contributed by atoms with Crippen LogP contribution >= 0.6 is 0 Å². The number of rotatable bonds is 7. The van der Waals surface area contributed by atoms with Crippen molar-refractivity contribution >= 4 is 12.6 Å². The van der Waals surface area contributed by atoms with Gasteiger partial charge in [0.05, 0.1) is 6.61 Å². The topological polar surface area (TPSA) is 67.9 Å². The van der Waals surface area contributed by atoms with Crippen molar-refractivity contribution in [1.82, 2.24) is 10.6 Å². The van der Waals surface area contributed by atoms with Crippen molar-refractivity contribution in [3.05, 3.63) is 35.9 Å². The zero-order valence-corrected chi connectivity index (χ0v) is 10.2. The number of carbonyl (C=O) groups excluding carboxylic acids is 2. The molecule has 0 heterocycles. The van der Waals surface area contributed by atoms with E-state index in [4.69, 9.17) is 4.84 Å². The summed E-state index contributed by atoms with van der Waals surface area (Å²) in [4.78, 5) is 26.5. The Kier molecular flexibility index (Phi) is 6.45. The normalized spacial score (nSPS) is 9.83. The van der Waals surface area contributed by atoms with Gasteiger partial charge in [0, 0.05) is 6.54 Å². The van der Waals surface area contributed by atoms with E-state index in [0.29, 0.717) is 19.6 Å². The van der Waals surface area contributed by atoms with E-state index in [1.807, 2.05) is 37.3 Å². The number of hydrogen-bond donors (Lipinski definition) is 1. The lowest BCUT2D eigenvalue weighted by Gasteiger charge is -2.20. The second-order valence-corrected chi connectivity index (χ2v) is 3.50. The van der Waals surface area contributed by atoms with Gasteiger partial charge < -0.3 is 4.74 Å². The van der Waals surface area contributed by atoms with Crippen molar-refractivity contribution in [2.45, 2.75) is 20.0 Å². The molecule has 0 fully saturated rings. The first-order valence-corrected chi connectivity index (χ1v) is 5.61. The number of hydrogen-bond acceptors (Lipinski definition) is 5. The van der Waals surface area contributed by atoms with Gasteiger partial charge in [-0.1, -0.05) is 37.3 Å². The quantitative estimate of drug-likeness (QED) is 0.454. The third kappa shape index (κ3) is 4.94. The fourth-order valence-corrected chi connectivity index (χ4v) is 1.27. The highest BCUT2D eigenvalue weighted by atomic mass is 16.7. The molecule has 6 heteroatoms. The third-order valence-electron chi connectivity index (χ3n) is 2.07. The van der Waals surface area contributed by atoms with Crippen LogP contribution in [-0.2, 0) is 21.0 Å². The van der Waals surface area contributed by atoms with Crippen molar-refractivity contribution in [2.24, 2.45) is 0 Å². The van der Waals surface area contributed by atoms with Gasteiger partial charge in [0.2, 0.25) is 0 Å². The second kappa shape index (κ2) is 8.21. The van der Waals surface area contributed by atoms with Gasteiger partial charge in [-0.3, -0.25) is 9.63 Å². The van der Waals surface area contributed by atoms with Crippen LogP contribution in [-0.4, -0.2) is 24.1 Å². The lowest BCUT2D eigenvalue weighted by Crippen LogP contribution is -2.43. The van der Waals surface area contributed by atoms with Gasteiger partial charge in [-0.2, -0.15) is 0 Å². The first-order valence-electron chi connectivity index (χ1n) is 5.61. The summed E-state index contributed by atoms with van der Waals surface area (Å²) in [5.41, 5.74) is 3.42. The second-order valence-electron chi connectivity index (χ2n) is 3.50. The van der Waals surface area contributed by atoms with E-state index in [9.17, 15) is 9.59 Å². The van der Waals surface area contributed by atoms with Crippen LogP contribution in [0.5, 0.6) is 0 Å². The monoisotopic (exact) mass is 252 g/mol. The van der Waals surface area contributed by atoms with E-state index < -0.39 is 6.09 Å². The maximum atomic E-state index is 11.3. The minimum Gasteiger partial charge on any atom is -0.378 e. The van der Waals surface area contributed by atoms with Gasteiger partial charge in [-0.15, -0.1) is 5.59 Å². The molecule has 1 N–H and O–H groups in total. The first-order chi connectivity index (χ1) is 8.77. The zero-order chi connectivity index (χ0) is 13.2. The fourth-order valence-electron chi connectivity index (χ4n) is 1.27. The predicted octanol–water partition coefficient (Wildman–Crippen LogP) is 1.63. The number of nitrogens with one attached hydrogen (secondary N) is 1. The summed E-state index contributed by atoms with van der Waals surface area (Å²) in [6, 6.07) is 9.49. The van der Waals surface area contributed by atoms with E-state index in [2.05, 4.69) is 10.3 Å². The minimum absolute atomic E-state index is 0.0872. The molecule has 1 amide bonds. The number of ether oxygens (including phenoxy) is 1. The Morgan fingerprint density at radius 3 is 2.72 bits per heavy atom. The van der Waals surface area contributed by atoms with Crippen molar-refractivity contribution in [3.63, 3.8) is 0 Å². The van der Waals surface area contributed by atoms with Crippen LogP contribution in [0.2, 0.25) is 0 Å². The molecule has 0 unspecified atom stereocenters. The van der Waals surface area contributed by atoms with Gasteiger partial charge in [-0.25, -0.2) is 9.80 Å². The van der Waals surface area contributed by atoms with E-state index in [-0.39, 0.29) is 6.47 Å². The van der Waals surface area contributed by atoms with E-state index in [1.165, 1.54) is 0 Å². The summed E-state index contributed by atoms with van der Waals surface area (Å²) in [5.74, 6) is 0. The molecule has 0 spiro atoms. The highest BCUT2D eigenvalue weighted by Crippen LogP contribution is 2.00. The Morgan fingerprint density at radius 1 is 1.39 bits per heavy atom. The summed E-state index contributed by atoms with van der Waals surface area (Å²) in [6.07, 6.45) is -0.0877. The smallest absolute Gasteiger partial charge is 0.378 e. The molecule has 0 radical (unpaired) electrons. The molecule has 0 aliphatic carbocycles. The Morgan fingerprint density at radius 2 is 2.11 bits per heavy atom. The summed E-state index contributed by atoms with van der Waals surface area (Å²) >= 11 is 0.